The fourth-order valence-electron chi connectivity index (χ4n) is 2.91. The molecule has 6 nitrogen and oxygen atoms in total. The predicted molar refractivity (Wildman–Crippen MR) is 92.6 cm³/mol. The molecule has 1 atom stereocenters. The summed E-state index contributed by atoms with van der Waals surface area (Å²) in [4.78, 5) is 30.1. The molecule has 3 rings (SSSR count). The number of amides is 1. The highest BCUT2D eigenvalue weighted by Crippen LogP contribution is 2.22. The average Bonchev–Trinajstić information content (AvgIpc) is 3.13. The minimum Gasteiger partial charge on any atom is -0.465 e. The normalized spacial score (nSPS) is 17.4. The van der Waals surface area contributed by atoms with Gasteiger partial charge in [0.05, 0.1) is 11.6 Å². The second-order valence-electron chi connectivity index (χ2n) is 5.72. The second kappa shape index (κ2) is 7.61. The zero-order valence-electron chi connectivity index (χ0n) is 13.5. The van der Waals surface area contributed by atoms with E-state index in [1.165, 1.54) is 4.90 Å². The summed E-state index contributed by atoms with van der Waals surface area (Å²) in [6.45, 7) is 0.443. The summed E-state index contributed by atoms with van der Waals surface area (Å²) in [5, 5.41) is 13.4. The third-order valence-electron chi connectivity index (χ3n) is 4.12. The lowest BCUT2D eigenvalue weighted by Crippen LogP contribution is -2.40. The summed E-state index contributed by atoms with van der Waals surface area (Å²) >= 11 is 0. The van der Waals surface area contributed by atoms with E-state index in [0.717, 1.165) is 12.0 Å². The summed E-state index contributed by atoms with van der Waals surface area (Å²) in [5.41, 5.74) is 1.58. The molecule has 0 bridgehead atoms. The van der Waals surface area contributed by atoms with Crippen LogP contribution >= 0.6 is 0 Å². The van der Waals surface area contributed by atoms with Crippen LogP contribution in [0, 0.1) is 0 Å². The van der Waals surface area contributed by atoms with Crippen LogP contribution in [0.15, 0.2) is 65.8 Å². The number of nitrogens with zero attached hydrogens (tertiary/aromatic N) is 2. The summed E-state index contributed by atoms with van der Waals surface area (Å²) in [6, 6.07) is 17.3. The molecule has 2 aromatic rings. The van der Waals surface area contributed by atoms with Crippen LogP contribution in [0.5, 0.6) is 0 Å². The first kappa shape index (κ1) is 16.7. The van der Waals surface area contributed by atoms with Crippen LogP contribution in [-0.4, -0.2) is 40.4 Å². The standard InChI is InChI=1S/C19H18N2O4/c22-18(15-10-5-2-6-11-15)25-20-17(14-8-3-1-4-9-14)16-12-7-13-21(16)19(23)24/h1-6,8-11,16H,7,12-13H2,(H,23,24)/b20-17-. The monoisotopic (exact) mass is 338 g/mol. The number of hydrogen-bond acceptors (Lipinski definition) is 4. The second-order valence-corrected chi connectivity index (χ2v) is 5.72. The molecule has 6 heteroatoms. The van der Waals surface area contributed by atoms with Gasteiger partial charge in [0.1, 0.15) is 5.71 Å². The first-order valence-corrected chi connectivity index (χ1v) is 8.06. The zero-order valence-corrected chi connectivity index (χ0v) is 13.5. The molecule has 0 saturated carbocycles. The van der Waals surface area contributed by atoms with Crippen molar-refractivity contribution in [1.29, 1.82) is 0 Å². The van der Waals surface area contributed by atoms with Crippen LogP contribution in [0.1, 0.15) is 28.8 Å². The van der Waals surface area contributed by atoms with Gasteiger partial charge in [-0.1, -0.05) is 53.7 Å². The highest BCUT2D eigenvalue weighted by molar-refractivity contribution is 6.06. The molecule has 128 valence electrons. The number of carbonyl (C=O) groups excluding carboxylic acids is 1. The van der Waals surface area contributed by atoms with Crippen molar-refractivity contribution in [2.75, 3.05) is 6.54 Å². The van der Waals surface area contributed by atoms with E-state index in [1.807, 2.05) is 30.3 Å². The van der Waals surface area contributed by atoms with Crippen LogP contribution < -0.4 is 0 Å². The topological polar surface area (TPSA) is 79.2 Å². The Bertz CT molecular complexity index is 775. The van der Waals surface area contributed by atoms with Crippen molar-refractivity contribution in [3.63, 3.8) is 0 Å². The molecule has 2 aromatic carbocycles. The van der Waals surface area contributed by atoms with Gasteiger partial charge in [-0.15, -0.1) is 0 Å². The third-order valence-corrected chi connectivity index (χ3v) is 4.12. The van der Waals surface area contributed by atoms with E-state index in [1.54, 1.807) is 30.3 Å². The van der Waals surface area contributed by atoms with E-state index in [4.69, 9.17) is 4.84 Å². The highest BCUT2D eigenvalue weighted by atomic mass is 16.7. The molecule has 1 aliphatic rings. The van der Waals surface area contributed by atoms with E-state index in [0.29, 0.717) is 24.2 Å². The molecule has 1 aliphatic heterocycles. The zero-order chi connectivity index (χ0) is 17.6. The number of likely N-dealkylation sites (tertiary alicyclic amines) is 1. The molecule has 1 fully saturated rings. The molecule has 1 N–H and O–H groups in total. The number of oxime groups is 1. The van der Waals surface area contributed by atoms with Gasteiger partial charge in [0.15, 0.2) is 0 Å². The van der Waals surface area contributed by atoms with E-state index in [9.17, 15) is 14.7 Å². The Labute approximate surface area is 145 Å². The van der Waals surface area contributed by atoms with Gasteiger partial charge in [0.25, 0.3) is 0 Å². The first-order valence-electron chi connectivity index (χ1n) is 8.06. The quantitative estimate of drug-likeness (QED) is 0.526. The van der Waals surface area contributed by atoms with Gasteiger partial charge in [-0.25, -0.2) is 9.59 Å². The molecule has 0 aliphatic carbocycles. The Balaban J connectivity index is 1.89. The molecular formula is C19H18N2O4. The van der Waals surface area contributed by atoms with E-state index < -0.39 is 18.1 Å². The van der Waals surface area contributed by atoms with Gasteiger partial charge in [0.2, 0.25) is 0 Å². The molecule has 0 spiro atoms. The molecule has 25 heavy (non-hydrogen) atoms. The van der Waals surface area contributed by atoms with Gasteiger partial charge in [-0.05, 0) is 25.0 Å². The molecule has 1 heterocycles. The van der Waals surface area contributed by atoms with Crippen LogP contribution in [0.25, 0.3) is 0 Å². The Kier molecular flexibility index (Phi) is 5.09. The van der Waals surface area contributed by atoms with Gasteiger partial charge >= 0.3 is 12.1 Å². The Morgan fingerprint density at radius 3 is 2.20 bits per heavy atom. The molecule has 1 saturated heterocycles. The maximum Gasteiger partial charge on any atom is 0.407 e. The van der Waals surface area contributed by atoms with Gasteiger partial charge in [-0.3, -0.25) is 4.90 Å². The number of carbonyl (C=O) groups is 2. The van der Waals surface area contributed by atoms with Crippen molar-refractivity contribution in [3.8, 4) is 0 Å². The minimum absolute atomic E-state index is 0.389. The lowest BCUT2D eigenvalue weighted by atomic mass is 10.0. The van der Waals surface area contributed by atoms with Gasteiger partial charge in [0, 0.05) is 12.1 Å². The number of benzene rings is 2. The smallest absolute Gasteiger partial charge is 0.407 e. The molecular weight excluding hydrogens is 320 g/mol. The maximum absolute atomic E-state index is 12.2. The van der Waals surface area contributed by atoms with Crippen LogP contribution in [-0.2, 0) is 4.84 Å². The van der Waals surface area contributed by atoms with Gasteiger partial charge < -0.3 is 9.94 Å². The number of hydrogen-bond donors (Lipinski definition) is 1. The van der Waals surface area contributed by atoms with Crippen LogP contribution in [0.4, 0.5) is 4.79 Å². The van der Waals surface area contributed by atoms with Crippen molar-refractivity contribution < 1.29 is 19.5 Å². The molecule has 1 unspecified atom stereocenters. The summed E-state index contributed by atoms with van der Waals surface area (Å²) < 4.78 is 0. The van der Waals surface area contributed by atoms with Crippen molar-refractivity contribution in [3.05, 3.63) is 71.8 Å². The fourth-order valence-corrected chi connectivity index (χ4v) is 2.91. The van der Waals surface area contributed by atoms with Crippen molar-refractivity contribution in [1.82, 2.24) is 4.90 Å². The first-order chi connectivity index (χ1) is 12.2. The van der Waals surface area contributed by atoms with Crippen LogP contribution in [0.3, 0.4) is 0 Å². The lowest BCUT2D eigenvalue weighted by Gasteiger charge is -2.22. The Morgan fingerprint density at radius 2 is 1.60 bits per heavy atom. The fraction of sp³-hybridized carbons (Fsp3) is 0.211. The summed E-state index contributed by atoms with van der Waals surface area (Å²) in [6.07, 6.45) is 0.388. The number of rotatable bonds is 4. The van der Waals surface area contributed by atoms with E-state index in [-0.39, 0.29) is 0 Å². The Morgan fingerprint density at radius 1 is 1.00 bits per heavy atom. The number of carboxylic acid groups (broad SMARTS) is 1. The van der Waals surface area contributed by atoms with Gasteiger partial charge in [-0.2, -0.15) is 0 Å². The maximum atomic E-state index is 12.2. The Hall–Kier alpha value is -3.15. The van der Waals surface area contributed by atoms with Crippen LogP contribution in [0.2, 0.25) is 0 Å². The summed E-state index contributed by atoms with van der Waals surface area (Å²) in [7, 11) is 0. The minimum atomic E-state index is -1.000. The SMILES string of the molecule is O=C(O/N=C(/c1ccccc1)C1CCCN1C(=O)O)c1ccccc1. The molecule has 0 aromatic heterocycles. The predicted octanol–water partition coefficient (Wildman–Crippen LogP) is 3.39. The average molecular weight is 338 g/mol. The van der Waals surface area contributed by atoms with Crippen molar-refractivity contribution in [2.45, 2.75) is 18.9 Å². The van der Waals surface area contributed by atoms with E-state index in [2.05, 4.69) is 5.16 Å². The van der Waals surface area contributed by atoms with E-state index >= 15 is 0 Å². The molecule has 1 amide bonds. The highest BCUT2D eigenvalue weighted by Gasteiger charge is 2.33. The van der Waals surface area contributed by atoms with Crippen molar-refractivity contribution in [2.24, 2.45) is 5.16 Å². The van der Waals surface area contributed by atoms with Crippen molar-refractivity contribution >= 4 is 17.8 Å². The molecule has 0 radical (unpaired) electrons. The lowest BCUT2D eigenvalue weighted by molar-refractivity contribution is 0.0514. The third kappa shape index (κ3) is 3.85. The largest absolute Gasteiger partial charge is 0.465 e. The summed E-state index contributed by atoms with van der Waals surface area (Å²) in [5.74, 6) is -0.575.